The summed E-state index contributed by atoms with van der Waals surface area (Å²) in [7, 11) is 0. The molecule has 2 aromatic rings. The Bertz CT molecular complexity index is 704. The zero-order valence-corrected chi connectivity index (χ0v) is 10.5. The molecule has 1 aromatic heterocycles. The van der Waals surface area contributed by atoms with Crippen LogP contribution in [-0.2, 0) is 0 Å². The van der Waals surface area contributed by atoms with Gasteiger partial charge in [0.15, 0.2) is 11.7 Å². The number of amides is 1. The van der Waals surface area contributed by atoms with Crippen LogP contribution in [0.1, 0.15) is 16.1 Å². The third-order valence-electron chi connectivity index (χ3n) is 2.54. The third kappa shape index (κ3) is 2.66. The van der Waals surface area contributed by atoms with E-state index in [9.17, 15) is 13.6 Å². The highest BCUT2D eigenvalue weighted by Gasteiger charge is 2.18. The quantitative estimate of drug-likeness (QED) is 0.648. The predicted octanol–water partition coefficient (Wildman–Crippen LogP) is 1.95. The molecule has 7 heteroatoms. The van der Waals surface area contributed by atoms with E-state index in [4.69, 9.17) is 15.9 Å². The number of aryl methyl sites for hydroxylation is 1. The van der Waals surface area contributed by atoms with Crippen molar-refractivity contribution in [3.05, 3.63) is 47.2 Å². The molecule has 4 N–H and O–H groups in total. The van der Waals surface area contributed by atoms with Gasteiger partial charge in [-0.3, -0.25) is 4.79 Å². The lowest BCUT2D eigenvalue weighted by molar-refractivity contribution is 0.0976. The van der Waals surface area contributed by atoms with Crippen LogP contribution in [0.25, 0.3) is 11.3 Å². The van der Waals surface area contributed by atoms with E-state index >= 15 is 0 Å². The Balaban J connectivity index is 2.49. The van der Waals surface area contributed by atoms with Crippen molar-refractivity contribution in [3.63, 3.8) is 0 Å². The van der Waals surface area contributed by atoms with Gasteiger partial charge in [0, 0.05) is 5.56 Å². The standard InChI is InChI=1S/C13H11F2N3O2/c1-6-4-10(8-5-7(14)2-3-9(8)15)20-11(6)12(19)18-13(16)17/h2-5H,1H3,(H4,16,17,18,19). The number of nitrogens with two attached hydrogens (primary N) is 2. The monoisotopic (exact) mass is 279 g/mol. The Kier molecular flexibility index (Phi) is 3.51. The first-order valence-electron chi connectivity index (χ1n) is 5.58. The summed E-state index contributed by atoms with van der Waals surface area (Å²) in [5.41, 5.74) is 10.5. The molecular formula is C13H11F2N3O2. The number of aliphatic imine (C=N–C) groups is 1. The van der Waals surface area contributed by atoms with Crippen LogP contribution in [0, 0.1) is 18.6 Å². The van der Waals surface area contributed by atoms with E-state index in [1.165, 1.54) is 6.07 Å². The second kappa shape index (κ2) is 5.12. The highest BCUT2D eigenvalue weighted by Crippen LogP contribution is 2.28. The lowest BCUT2D eigenvalue weighted by Gasteiger charge is -1.99. The molecule has 0 fully saturated rings. The number of rotatable bonds is 2. The maximum atomic E-state index is 13.6. The van der Waals surface area contributed by atoms with Crippen molar-refractivity contribution in [1.29, 1.82) is 0 Å². The molecule has 0 bridgehead atoms. The van der Waals surface area contributed by atoms with Gasteiger partial charge in [0.05, 0.1) is 5.56 Å². The van der Waals surface area contributed by atoms with Gasteiger partial charge in [-0.15, -0.1) is 0 Å². The number of guanidine groups is 1. The Morgan fingerprint density at radius 3 is 2.60 bits per heavy atom. The summed E-state index contributed by atoms with van der Waals surface area (Å²) in [6.07, 6.45) is 0. The number of benzene rings is 1. The van der Waals surface area contributed by atoms with E-state index in [1.54, 1.807) is 6.92 Å². The molecule has 2 rings (SSSR count). The van der Waals surface area contributed by atoms with Crippen LogP contribution in [0.2, 0.25) is 0 Å². The summed E-state index contributed by atoms with van der Waals surface area (Å²) < 4.78 is 32.0. The minimum atomic E-state index is -0.787. The molecule has 104 valence electrons. The van der Waals surface area contributed by atoms with Crippen molar-refractivity contribution in [2.24, 2.45) is 16.5 Å². The van der Waals surface area contributed by atoms with Crippen LogP contribution in [0.4, 0.5) is 8.78 Å². The first kappa shape index (κ1) is 13.7. The molecule has 20 heavy (non-hydrogen) atoms. The fourth-order valence-electron chi connectivity index (χ4n) is 1.68. The fourth-order valence-corrected chi connectivity index (χ4v) is 1.68. The molecule has 0 saturated carbocycles. The maximum Gasteiger partial charge on any atom is 0.316 e. The van der Waals surface area contributed by atoms with Gasteiger partial charge in [0.2, 0.25) is 0 Å². The van der Waals surface area contributed by atoms with E-state index in [0.29, 0.717) is 5.56 Å². The van der Waals surface area contributed by atoms with Gasteiger partial charge in [-0.25, -0.2) is 8.78 Å². The van der Waals surface area contributed by atoms with Crippen molar-refractivity contribution in [1.82, 2.24) is 0 Å². The van der Waals surface area contributed by atoms with Gasteiger partial charge in [0.1, 0.15) is 17.4 Å². The zero-order valence-electron chi connectivity index (χ0n) is 10.5. The first-order valence-corrected chi connectivity index (χ1v) is 5.58. The molecular weight excluding hydrogens is 268 g/mol. The molecule has 0 aliphatic carbocycles. The van der Waals surface area contributed by atoms with Crippen molar-refractivity contribution < 1.29 is 18.0 Å². The first-order chi connectivity index (χ1) is 9.38. The molecule has 0 unspecified atom stereocenters. The van der Waals surface area contributed by atoms with Crippen molar-refractivity contribution >= 4 is 11.9 Å². The predicted molar refractivity (Wildman–Crippen MR) is 68.9 cm³/mol. The van der Waals surface area contributed by atoms with Crippen LogP contribution < -0.4 is 11.5 Å². The average molecular weight is 279 g/mol. The second-order valence-electron chi connectivity index (χ2n) is 4.09. The van der Waals surface area contributed by atoms with Crippen LogP contribution in [-0.4, -0.2) is 11.9 Å². The van der Waals surface area contributed by atoms with Crippen molar-refractivity contribution in [3.8, 4) is 11.3 Å². The number of hydrogen-bond acceptors (Lipinski definition) is 2. The summed E-state index contributed by atoms with van der Waals surface area (Å²) in [4.78, 5) is 15.0. The largest absolute Gasteiger partial charge is 0.450 e. The molecule has 1 heterocycles. The van der Waals surface area contributed by atoms with Crippen LogP contribution >= 0.6 is 0 Å². The van der Waals surface area contributed by atoms with E-state index in [2.05, 4.69) is 4.99 Å². The minimum absolute atomic E-state index is 0.0219. The lowest BCUT2D eigenvalue weighted by atomic mass is 10.1. The Hall–Kier alpha value is -2.70. The summed E-state index contributed by atoms with van der Waals surface area (Å²) in [5.74, 6) is -2.59. The van der Waals surface area contributed by atoms with Crippen LogP contribution in [0.15, 0.2) is 33.7 Å². The molecule has 1 amide bonds. The van der Waals surface area contributed by atoms with Crippen LogP contribution in [0.3, 0.4) is 0 Å². The summed E-state index contributed by atoms with van der Waals surface area (Å²) in [5, 5.41) is 0. The van der Waals surface area contributed by atoms with Gasteiger partial charge < -0.3 is 15.9 Å². The van der Waals surface area contributed by atoms with Gasteiger partial charge in [0.25, 0.3) is 0 Å². The topological polar surface area (TPSA) is 94.6 Å². The molecule has 0 atom stereocenters. The van der Waals surface area contributed by atoms with E-state index < -0.39 is 23.5 Å². The highest BCUT2D eigenvalue weighted by atomic mass is 19.1. The van der Waals surface area contributed by atoms with Crippen molar-refractivity contribution in [2.75, 3.05) is 0 Å². The molecule has 0 saturated heterocycles. The molecule has 1 aromatic carbocycles. The van der Waals surface area contributed by atoms with Gasteiger partial charge in [-0.2, -0.15) is 4.99 Å². The smallest absolute Gasteiger partial charge is 0.316 e. The summed E-state index contributed by atoms with van der Waals surface area (Å²) >= 11 is 0. The molecule has 5 nitrogen and oxygen atoms in total. The normalized spacial score (nSPS) is 10.3. The average Bonchev–Trinajstić information content (AvgIpc) is 2.73. The summed E-state index contributed by atoms with van der Waals surface area (Å²) in [6, 6.07) is 4.34. The third-order valence-corrected chi connectivity index (χ3v) is 2.54. The molecule has 0 radical (unpaired) electrons. The zero-order chi connectivity index (χ0) is 14.9. The Morgan fingerprint density at radius 2 is 1.95 bits per heavy atom. The lowest BCUT2D eigenvalue weighted by Crippen LogP contribution is -2.24. The second-order valence-corrected chi connectivity index (χ2v) is 4.09. The Morgan fingerprint density at radius 1 is 1.25 bits per heavy atom. The van der Waals surface area contributed by atoms with Crippen LogP contribution in [0.5, 0.6) is 0 Å². The number of carbonyl (C=O) groups excluding carboxylic acids is 1. The minimum Gasteiger partial charge on any atom is -0.450 e. The van der Waals surface area contributed by atoms with Crippen molar-refractivity contribution in [2.45, 2.75) is 6.92 Å². The number of hydrogen-bond donors (Lipinski definition) is 2. The van der Waals surface area contributed by atoms with Gasteiger partial charge >= 0.3 is 5.91 Å². The molecule has 0 spiro atoms. The SMILES string of the molecule is Cc1cc(-c2cc(F)ccc2F)oc1C(=O)N=C(N)N. The Labute approximate surface area is 112 Å². The number of halogens is 2. The van der Waals surface area contributed by atoms with E-state index in [-0.39, 0.29) is 17.1 Å². The number of furan rings is 1. The van der Waals surface area contributed by atoms with Gasteiger partial charge in [-0.1, -0.05) is 0 Å². The summed E-state index contributed by atoms with van der Waals surface area (Å²) in [6.45, 7) is 1.57. The maximum absolute atomic E-state index is 13.6. The number of carbonyl (C=O) groups is 1. The van der Waals surface area contributed by atoms with E-state index in [0.717, 1.165) is 18.2 Å². The molecule has 0 aliphatic rings. The van der Waals surface area contributed by atoms with Gasteiger partial charge in [-0.05, 0) is 31.2 Å². The highest BCUT2D eigenvalue weighted by molar-refractivity contribution is 6.01. The number of nitrogens with zero attached hydrogens (tertiary/aromatic N) is 1. The fraction of sp³-hybridized carbons (Fsp3) is 0.0769. The molecule has 0 aliphatic heterocycles. The van der Waals surface area contributed by atoms with E-state index in [1.807, 2.05) is 0 Å².